The second-order valence-electron chi connectivity index (χ2n) is 5.52. The van der Waals surface area contributed by atoms with Crippen LogP contribution in [-0.2, 0) is 14.8 Å². The van der Waals surface area contributed by atoms with E-state index < -0.39 is 10.0 Å². The standard InChI is InChI=1S/C15H24N2O3S/c1-12-8-9-13(2)14(11-12)17(21(5,19)20)10-6-7-15(18)16(3)4/h8-9,11H,6-7,10H2,1-5H3. The van der Waals surface area contributed by atoms with Gasteiger partial charge < -0.3 is 4.90 Å². The molecule has 0 heterocycles. The molecule has 1 amide bonds. The van der Waals surface area contributed by atoms with E-state index in [1.165, 1.54) is 15.5 Å². The van der Waals surface area contributed by atoms with Crippen molar-refractivity contribution < 1.29 is 13.2 Å². The van der Waals surface area contributed by atoms with Crippen molar-refractivity contribution >= 4 is 21.6 Å². The molecule has 0 bridgehead atoms. The average Bonchev–Trinajstić information content (AvgIpc) is 2.36. The van der Waals surface area contributed by atoms with Crippen LogP contribution in [0.2, 0.25) is 0 Å². The Labute approximate surface area is 127 Å². The fourth-order valence-corrected chi connectivity index (χ4v) is 3.07. The lowest BCUT2D eigenvalue weighted by Crippen LogP contribution is -2.32. The molecular formula is C15H24N2O3S. The van der Waals surface area contributed by atoms with Crippen molar-refractivity contribution in [2.75, 3.05) is 31.2 Å². The highest BCUT2D eigenvalue weighted by Crippen LogP contribution is 2.24. The molecule has 1 aromatic rings. The molecule has 0 aliphatic rings. The molecule has 1 aromatic carbocycles. The van der Waals surface area contributed by atoms with E-state index in [9.17, 15) is 13.2 Å². The van der Waals surface area contributed by atoms with E-state index in [-0.39, 0.29) is 5.91 Å². The topological polar surface area (TPSA) is 57.7 Å². The highest BCUT2D eigenvalue weighted by atomic mass is 32.2. The summed E-state index contributed by atoms with van der Waals surface area (Å²) in [5, 5.41) is 0. The van der Waals surface area contributed by atoms with Gasteiger partial charge in [0.25, 0.3) is 0 Å². The Morgan fingerprint density at radius 2 is 1.81 bits per heavy atom. The van der Waals surface area contributed by atoms with Crippen LogP contribution in [0, 0.1) is 13.8 Å². The molecule has 0 atom stereocenters. The van der Waals surface area contributed by atoms with E-state index in [2.05, 4.69) is 0 Å². The molecule has 5 nitrogen and oxygen atoms in total. The van der Waals surface area contributed by atoms with Gasteiger partial charge in [0.05, 0.1) is 11.9 Å². The number of hydrogen-bond acceptors (Lipinski definition) is 3. The van der Waals surface area contributed by atoms with Gasteiger partial charge in [-0.3, -0.25) is 9.10 Å². The molecule has 6 heteroatoms. The van der Waals surface area contributed by atoms with E-state index in [0.29, 0.717) is 25.1 Å². The summed E-state index contributed by atoms with van der Waals surface area (Å²) in [6.45, 7) is 4.12. The van der Waals surface area contributed by atoms with Gasteiger partial charge in [0, 0.05) is 27.1 Å². The largest absolute Gasteiger partial charge is 0.349 e. The van der Waals surface area contributed by atoms with Crippen LogP contribution in [0.5, 0.6) is 0 Å². The van der Waals surface area contributed by atoms with Gasteiger partial charge in [-0.1, -0.05) is 12.1 Å². The molecule has 0 aromatic heterocycles. The lowest BCUT2D eigenvalue weighted by Gasteiger charge is -2.24. The number of carbonyl (C=O) groups excluding carboxylic acids is 1. The van der Waals surface area contributed by atoms with Gasteiger partial charge >= 0.3 is 0 Å². The summed E-state index contributed by atoms with van der Waals surface area (Å²) in [7, 11) is 0.0246. The minimum absolute atomic E-state index is 0.00409. The minimum Gasteiger partial charge on any atom is -0.349 e. The van der Waals surface area contributed by atoms with Crippen molar-refractivity contribution in [3.8, 4) is 0 Å². The predicted molar refractivity (Wildman–Crippen MR) is 86.0 cm³/mol. The van der Waals surface area contributed by atoms with Crippen LogP contribution in [-0.4, -0.2) is 46.1 Å². The normalized spacial score (nSPS) is 11.3. The summed E-state index contributed by atoms with van der Waals surface area (Å²) in [6, 6.07) is 5.73. The van der Waals surface area contributed by atoms with Gasteiger partial charge in [-0.05, 0) is 37.5 Å². The van der Waals surface area contributed by atoms with Crippen LogP contribution in [0.3, 0.4) is 0 Å². The van der Waals surface area contributed by atoms with Crippen molar-refractivity contribution in [2.24, 2.45) is 0 Å². The van der Waals surface area contributed by atoms with Crippen LogP contribution in [0.25, 0.3) is 0 Å². The Morgan fingerprint density at radius 3 is 2.33 bits per heavy atom. The Kier molecular flexibility index (Phi) is 5.78. The van der Waals surface area contributed by atoms with Crippen LogP contribution in [0.15, 0.2) is 18.2 Å². The monoisotopic (exact) mass is 312 g/mol. The fraction of sp³-hybridized carbons (Fsp3) is 0.533. The first kappa shape index (κ1) is 17.5. The highest BCUT2D eigenvalue weighted by Gasteiger charge is 2.19. The molecule has 118 valence electrons. The maximum absolute atomic E-state index is 12.0. The summed E-state index contributed by atoms with van der Waals surface area (Å²) in [6.07, 6.45) is 2.03. The van der Waals surface area contributed by atoms with Gasteiger partial charge in [0.2, 0.25) is 15.9 Å². The Hall–Kier alpha value is -1.56. The number of aryl methyl sites for hydroxylation is 2. The van der Waals surface area contributed by atoms with Crippen LogP contribution >= 0.6 is 0 Å². The molecule has 1 rings (SSSR count). The Morgan fingerprint density at radius 1 is 1.19 bits per heavy atom. The molecule has 0 saturated carbocycles. The van der Waals surface area contributed by atoms with E-state index in [1.54, 1.807) is 14.1 Å². The van der Waals surface area contributed by atoms with E-state index >= 15 is 0 Å². The van der Waals surface area contributed by atoms with E-state index in [4.69, 9.17) is 0 Å². The van der Waals surface area contributed by atoms with Gasteiger partial charge in [-0.15, -0.1) is 0 Å². The minimum atomic E-state index is -3.37. The molecule has 0 radical (unpaired) electrons. The number of rotatable bonds is 6. The molecule has 0 aliphatic carbocycles. The quantitative estimate of drug-likeness (QED) is 0.806. The maximum atomic E-state index is 12.0. The van der Waals surface area contributed by atoms with Crippen LogP contribution in [0.1, 0.15) is 24.0 Å². The van der Waals surface area contributed by atoms with E-state index in [0.717, 1.165) is 11.1 Å². The number of carbonyl (C=O) groups is 1. The summed E-state index contributed by atoms with van der Waals surface area (Å²) < 4.78 is 25.5. The lowest BCUT2D eigenvalue weighted by atomic mass is 10.1. The van der Waals surface area contributed by atoms with Crippen molar-refractivity contribution in [2.45, 2.75) is 26.7 Å². The number of benzene rings is 1. The highest BCUT2D eigenvalue weighted by molar-refractivity contribution is 7.92. The summed E-state index contributed by atoms with van der Waals surface area (Å²) in [5.74, 6) is 0.00409. The van der Waals surface area contributed by atoms with Crippen molar-refractivity contribution in [3.05, 3.63) is 29.3 Å². The second kappa shape index (κ2) is 6.93. The van der Waals surface area contributed by atoms with Crippen LogP contribution in [0.4, 0.5) is 5.69 Å². The first-order valence-electron chi connectivity index (χ1n) is 6.88. The van der Waals surface area contributed by atoms with Crippen LogP contribution < -0.4 is 4.31 Å². The molecule has 0 unspecified atom stereocenters. The third kappa shape index (κ3) is 5.04. The van der Waals surface area contributed by atoms with Crippen molar-refractivity contribution in [1.29, 1.82) is 0 Å². The average molecular weight is 312 g/mol. The zero-order valence-electron chi connectivity index (χ0n) is 13.4. The van der Waals surface area contributed by atoms with Crippen molar-refractivity contribution in [1.82, 2.24) is 4.90 Å². The number of hydrogen-bond donors (Lipinski definition) is 0. The molecule has 0 spiro atoms. The number of sulfonamides is 1. The zero-order chi connectivity index (χ0) is 16.2. The van der Waals surface area contributed by atoms with Gasteiger partial charge in [0.1, 0.15) is 0 Å². The third-order valence-corrected chi connectivity index (χ3v) is 4.46. The smallest absolute Gasteiger partial charge is 0.232 e. The number of amides is 1. The third-order valence-electron chi connectivity index (χ3n) is 3.28. The molecule has 0 fully saturated rings. The molecule has 0 N–H and O–H groups in total. The van der Waals surface area contributed by atoms with Gasteiger partial charge in [0.15, 0.2) is 0 Å². The molecule has 21 heavy (non-hydrogen) atoms. The Bertz CT molecular complexity index is 609. The first-order valence-corrected chi connectivity index (χ1v) is 8.73. The summed E-state index contributed by atoms with van der Waals surface area (Å²) in [5.41, 5.74) is 2.60. The number of nitrogens with zero attached hydrogens (tertiary/aromatic N) is 2. The first-order chi connectivity index (χ1) is 9.62. The van der Waals surface area contributed by atoms with Gasteiger partial charge in [-0.2, -0.15) is 0 Å². The summed E-state index contributed by atoms with van der Waals surface area (Å²) in [4.78, 5) is 13.1. The summed E-state index contributed by atoms with van der Waals surface area (Å²) >= 11 is 0. The molecule has 0 aliphatic heterocycles. The fourth-order valence-electron chi connectivity index (χ4n) is 2.05. The second-order valence-corrected chi connectivity index (χ2v) is 7.42. The maximum Gasteiger partial charge on any atom is 0.232 e. The Balaban J connectivity index is 2.93. The lowest BCUT2D eigenvalue weighted by molar-refractivity contribution is -0.128. The SMILES string of the molecule is Cc1ccc(C)c(N(CCCC(=O)N(C)C)S(C)(=O)=O)c1. The van der Waals surface area contributed by atoms with Gasteiger partial charge in [-0.25, -0.2) is 8.42 Å². The molecular weight excluding hydrogens is 288 g/mol. The van der Waals surface area contributed by atoms with E-state index in [1.807, 2.05) is 32.0 Å². The van der Waals surface area contributed by atoms with Crippen molar-refractivity contribution in [3.63, 3.8) is 0 Å². The zero-order valence-corrected chi connectivity index (χ0v) is 14.2. The predicted octanol–water partition coefficient (Wildman–Crippen LogP) is 1.94. The number of anilines is 1. The molecule has 0 saturated heterocycles.